The van der Waals surface area contributed by atoms with Crippen LogP contribution in [0.2, 0.25) is 0 Å². The summed E-state index contributed by atoms with van der Waals surface area (Å²) in [6.07, 6.45) is 1.92. The summed E-state index contributed by atoms with van der Waals surface area (Å²) in [4.78, 5) is 32.8. The lowest BCUT2D eigenvalue weighted by Crippen LogP contribution is -2.47. The lowest BCUT2D eigenvalue weighted by atomic mass is 9.79. The molecular weight excluding hydrogens is 506 g/mol. The average molecular weight is 532 g/mol. The second-order valence-electron chi connectivity index (χ2n) is 8.76. The van der Waals surface area contributed by atoms with E-state index in [-0.39, 0.29) is 11.8 Å². The van der Waals surface area contributed by atoms with Gasteiger partial charge < -0.3 is 19.9 Å². The van der Waals surface area contributed by atoms with Crippen molar-refractivity contribution in [1.82, 2.24) is 9.88 Å². The van der Waals surface area contributed by atoms with E-state index in [2.05, 4.69) is 26.2 Å². The minimum Gasteiger partial charge on any atom is -0.383 e. The van der Waals surface area contributed by atoms with Crippen molar-refractivity contribution in [3.8, 4) is 0 Å². The van der Waals surface area contributed by atoms with Crippen LogP contribution in [0.4, 0.5) is 5.69 Å². The highest BCUT2D eigenvalue weighted by molar-refractivity contribution is 9.10. The van der Waals surface area contributed by atoms with E-state index in [9.17, 15) is 9.59 Å². The number of para-hydroxylation sites is 1. The number of aromatic amines is 1. The molecular formula is C28H26BrN3O3. The zero-order valence-corrected chi connectivity index (χ0v) is 21.1. The largest absolute Gasteiger partial charge is 0.383 e. The van der Waals surface area contributed by atoms with Crippen molar-refractivity contribution in [3.63, 3.8) is 0 Å². The fourth-order valence-electron chi connectivity index (χ4n) is 4.93. The summed E-state index contributed by atoms with van der Waals surface area (Å²) in [5.74, 6) is -0.895. The predicted molar refractivity (Wildman–Crippen MR) is 141 cm³/mol. The number of halogens is 1. The Kier molecular flexibility index (Phi) is 6.45. The van der Waals surface area contributed by atoms with Gasteiger partial charge in [-0.1, -0.05) is 42.5 Å². The second kappa shape index (κ2) is 9.68. The highest BCUT2D eigenvalue weighted by Crippen LogP contribution is 2.45. The molecule has 0 radical (unpaired) electrons. The average Bonchev–Trinajstić information content (AvgIpc) is 3.29. The summed E-state index contributed by atoms with van der Waals surface area (Å²) in [5.41, 5.74) is 4.91. The summed E-state index contributed by atoms with van der Waals surface area (Å²) in [7, 11) is 1.61. The van der Waals surface area contributed by atoms with Crippen molar-refractivity contribution in [1.29, 1.82) is 0 Å². The van der Waals surface area contributed by atoms with Crippen molar-refractivity contribution >= 4 is 44.3 Å². The van der Waals surface area contributed by atoms with Crippen molar-refractivity contribution in [2.45, 2.75) is 18.9 Å². The van der Waals surface area contributed by atoms with Gasteiger partial charge in [-0.05, 0) is 58.2 Å². The number of ether oxygens (including phenoxy) is 1. The Labute approximate surface area is 212 Å². The molecule has 0 bridgehead atoms. The number of amides is 2. The molecule has 1 aliphatic rings. The molecule has 1 aromatic heterocycles. The summed E-state index contributed by atoms with van der Waals surface area (Å²) >= 11 is 3.57. The Hall–Kier alpha value is -3.42. The Morgan fingerprint density at radius 3 is 2.66 bits per heavy atom. The molecule has 1 aliphatic heterocycles. The van der Waals surface area contributed by atoms with Crippen LogP contribution in [0.25, 0.3) is 10.9 Å². The van der Waals surface area contributed by atoms with Crippen molar-refractivity contribution in [2.75, 3.05) is 25.6 Å². The van der Waals surface area contributed by atoms with Gasteiger partial charge in [0, 0.05) is 46.4 Å². The fraction of sp³-hybridized carbons (Fsp3) is 0.214. The first kappa shape index (κ1) is 23.3. The summed E-state index contributed by atoms with van der Waals surface area (Å²) < 4.78 is 6.15. The lowest BCUT2D eigenvalue weighted by molar-refractivity contribution is -0.119. The van der Waals surface area contributed by atoms with E-state index in [1.807, 2.05) is 73.8 Å². The van der Waals surface area contributed by atoms with Crippen molar-refractivity contribution in [3.05, 3.63) is 99.7 Å². The first-order valence-corrected chi connectivity index (χ1v) is 12.3. The molecule has 0 fully saturated rings. The number of anilines is 1. The monoisotopic (exact) mass is 531 g/mol. The number of hydrogen-bond donors (Lipinski definition) is 2. The maximum atomic E-state index is 14.0. The molecule has 4 aromatic rings. The topological polar surface area (TPSA) is 74.4 Å². The van der Waals surface area contributed by atoms with Crippen LogP contribution >= 0.6 is 15.9 Å². The number of aryl methyl sites for hydroxylation is 1. The summed E-state index contributed by atoms with van der Waals surface area (Å²) in [6, 6.07) is 20.7. The summed E-state index contributed by atoms with van der Waals surface area (Å²) in [5, 5.41) is 4.10. The second-order valence-corrected chi connectivity index (χ2v) is 9.62. The third-order valence-corrected chi connectivity index (χ3v) is 7.24. The summed E-state index contributed by atoms with van der Waals surface area (Å²) in [6.45, 7) is 2.73. The van der Waals surface area contributed by atoms with Gasteiger partial charge in [0.1, 0.15) is 0 Å². The maximum Gasteiger partial charge on any atom is 0.254 e. The van der Waals surface area contributed by atoms with E-state index in [1.54, 1.807) is 18.1 Å². The Balaban J connectivity index is 1.67. The molecule has 0 unspecified atom stereocenters. The highest BCUT2D eigenvalue weighted by Gasteiger charge is 2.44. The standard InChI is InChI=1S/C28H26BrN3O3/c1-17-11-12-24(22(29)15-17)31-27(33)25-19-8-3-4-9-20(19)28(34)32(13-14-35-2)26(25)21-16-30-23-10-6-5-7-18(21)23/h3-12,15-16,25-26,30H,13-14H2,1-2H3,(H,31,33)/t25-,26-/m0/s1. The molecule has 2 N–H and O–H groups in total. The van der Waals surface area contributed by atoms with Gasteiger partial charge in [0.05, 0.1) is 24.3 Å². The van der Waals surface area contributed by atoms with Crippen LogP contribution in [-0.2, 0) is 9.53 Å². The van der Waals surface area contributed by atoms with Gasteiger partial charge in [0.25, 0.3) is 5.91 Å². The van der Waals surface area contributed by atoms with Crippen LogP contribution in [0, 0.1) is 6.92 Å². The van der Waals surface area contributed by atoms with Gasteiger partial charge in [0.15, 0.2) is 0 Å². The number of methoxy groups -OCH3 is 1. The van der Waals surface area contributed by atoms with E-state index in [0.29, 0.717) is 24.4 Å². The van der Waals surface area contributed by atoms with Crippen LogP contribution in [0.3, 0.4) is 0 Å². The number of benzene rings is 3. The first-order chi connectivity index (χ1) is 17.0. The molecule has 2 amide bonds. The lowest BCUT2D eigenvalue weighted by Gasteiger charge is -2.41. The van der Waals surface area contributed by atoms with Crippen molar-refractivity contribution in [2.24, 2.45) is 0 Å². The predicted octanol–water partition coefficient (Wildman–Crippen LogP) is 5.80. The number of aromatic nitrogens is 1. The van der Waals surface area contributed by atoms with E-state index in [0.717, 1.165) is 32.1 Å². The molecule has 5 rings (SSSR count). The number of H-pyrrole nitrogens is 1. The number of hydrogen-bond acceptors (Lipinski definition) is 3. The van der Waals surface area contributed by atoms with Crippen LogP contribution in [-0.4, -0.2) is 42.0 Å². The normalized spacial score (nSPS) is 17.5. The van der Waals surface area contributed by atoms with Gasteiger partial charge in [-0.25, -0.2) is 0 Å². The zero-order chi connectivity index (χ0) is 24.5. The zero-order valence-electron chi connectivity index (χ0n) is 19.5. The molecule has 2 heterocycles. The number of nitrogens with one attached hydrogen (secondary N) is 2. The van der Waals surface area contributed by atoms with Crippen LogP contribution < -0.4 is 5.32 Å². The number of carbonyl (C=O) groups is 2. The van der Waals surface area contributed by atoms with Crippen molar-refractivity contribution < 1.29 is 14.3 Å². The highest BCUT2D eigenvalue weighted by atomic mass is 79.9. The fourth-order valence-corrected chi connectivity index (χ4v) is 5.52. The van der Waals surface area contributed by atoms with Gasteiger partial charge >= 0.3 is 0 Å². The number of fused-ring (bicyclic) bond motifs is 2. The Bertz CT molecular complexity index is 1410. The van der Waals surface area contributed by atoms with E-state index < -0.39 is 12.0 Å². The van der Waals surface area contributed by atoms with Gasteiger partial charge in [0.2, 0.25) is 5.91 Å². The number of carbonyl (C=O) groups excluding carboxylic acids is 2. The number of rotatable bonds is 6. The molecule has 3 aromatic carbocycles. The first-order valence-electron chi connectivity index (χ1n) is 11.5. The molecule has 0 saturated heterocycles. The van der Waals surface area contributed by atoms with Gasteiger partial charge in [-0.2, -0.15) is 0 Å². The Morgan fingerprint density at radius 1 is 1.09 bits per heavy atom. The smallest absolute Gasteiger partial charge is 0.254 e. The third-order valence-electron chi connectivity index (χ3n) is 6.58. The molecule has 0 spiro atoms. The maximum absolute atomic E-state index is 14.0. The van der Waals surface area contributed by atoms with Crippen LogP contribution in [0.5, 0.6) is 0 Å². The molecule has 178 valence electrons. The van der Waals surface area contributed by atoms with Gasteiger partial charge in [-0.15, -0.1) is 0 Å². The van der Waals surface area contributed by atoms with E-state index in [1.165, 1.54) is 0 Å². The minimum atomic E-state index is -0.617. The molecule has 0 saturated carbocycles. The minimum absolute atomic E-state index is 0.103. The Morgan fingerprint density at radius 2 is 1.86 bits per heavy atom. The molecule has 6 nitrogen and oxygen atoms in total. The quantitative estimate of drug-likeness (QED) is 0.330. The SMILES string of the molecule is COCCN1C(=O)c2ccccc2[C@H](C(=O)Nc2ccc(C)cc2Br)[C@@H]1c1c[nH]c2ccccc12. The van der Waals surface area contributed by atoms with Gasteiger partial charge in [-0.3, -0.25) is 9.59 Å². The number of nitrogens with zero attached hydrogens (tertiary/aromatic N) is 1. The molecule has 7 heteroatoms. The van der Waals surface area contributed by atoms with Crippen LogP contribution in [0.15, 0.2) is 77.4 Å². The molecule has 0 aliphatic carbocycles. The molecule has 2 atom stereocenters. The molecule has 35 heavy (non-hydrogen) atoms. The third kappa shape index (κ3) is 4.26. The van der Waals surface area contributed by atoms with Crippen LogP contribution in [0.1, 0.15) is 39.0 Å². The van der Waals surface area contributed by atoms with E-state index in [4.69, 9.17) is 4.74 Å². The van der Waals surface area contributed by atoms with E-state index >= 15 is 0 Å².